The Morgan fingerprint density at radius 1 is 1.27 bits per heavy atom. The third-order valence-corrected chi connectivity index (χ3v) is 6.47. The number of esters is 2. The first-order valence-corrected chi connectivity index (χ1v) is 11.9. The molecule has 1 aliphatic heterocycles. The number of carbonyl (C=O) groups is 2. The van der Waals surface area contributed by atoms with Crippen LogP contribution in [0.3, 0.4) is 0 Å². The third-order valence-electron chi connectivity index (χ3n) is 6.47. The van der Waals surface area contributed by atoms with Gasteiger partial charge in [-0.15, -0.1) is 0 Å². The lowest BCUT2D eigenvalue weighted by Crippen LogP contribution is -2.46. The van der Waals surface area contributed by atoms with Gasteiger partial charge in [0.25, 0.3) is 0 Å². The molecule has 0 amide bonds. The number of ether oxygens (including phenoxy) is 3. The van der Waals surface area contributed by atoms with Crippen LogP contribution < -0.4 is 5.73 Å². The van der Waals surface area contributed by atoms with Gasteiger partial charge in [0.15, 0.2) is 6.10 Å². The van der Waals surface area contributed by atoms with E-state index in [1.165, 1.54) is 10.8 Å². The first kappa shape index (κ1) is 26.2. The van der Waals surface area contributed by atoms with Crippen molar-refractivity contribution in [3.63, 3.8) is 0 Å². The average molecular weight is 508 g/mol. The summed E-state index contributed by atoms with van der Waals surface area (Å²) < 4.78 is 18.5. The lowest BCUT2D eigenvalue weighted by atomic mass is 9.92. The molecule has 1 aromatic carbocycles. The number of aliphatic hydroxyl groups is 1. The molecule has 0 aliphatic carbocycles. The number of aryl methyl sites for hydroxylation is 1. The SMILES string of the molecule is Cc1ncnn2c([C@]3(C#N)O[C@H](COC(=O)Cc4ccccc4)[C@@H](OC(=O)[C@@H](N)C(C)C)[C@H]3O)ccc12. The summed E-state index contributed by atoms with van der Waals surface area (Å²) in [4.78, 5) is 29.4. The van der Waals surface area contributed by atoms with Gasteiger partial charge in [0.05, 0.1) is 23.3 Å². The molecule has 1 saturated heterocycles. The second-order valence-corrected chi connectivity index (χ2v) is 9.33. The lowest BCUT2D eigenvalue weighted by molar-refractivity contribution is -0.162. The monoisotopic (exact) mass is 507 g/mol. The Morgan fingerprint density at radius 2 is 2.00 bits per heavy atom. The predicted octanol–water partition coefficient (Wildman–Crippen LogP) is 1.20. The van der Waals surface area contributed by atoms with Crippen molar-refractivity contribution in [2.24, 2.45) is 11.7 Å². The summed E-state index contributed by atoms with van der Waals surface area (Å²) >= 11 is 0. The van der Waals surface area contributed by atoms with E-state index in [4.69, 9.17) is 19.9 Å². The molecule has 4 rings (SSSR count). The molecule has 0 bridgehead atoms. The fraction of sp³-hybridized carbons (Fsp3) is 0.423. The molecular weight excluding hydrogens is 478 g/mol. The summed E-state index contributed by atoms with van der Waals surface area (Å²) in [5.74, 6) is -1.54. The molecule has 0 spiro atoms. The van der Waals surface area contributed by atoms with Crippen LogP contribution in [0.25, 0.3) is 5.52 Å². The zero-order valence-electron chi connectivity index (χ0n) is 20.8. The summed E-state index contributed by atoms with van der Waals surface area (Å²) in [7, 11) is 0. The van der Waals surface area contributed by atoms with Gasteiger partial charge in [-0.1, -0.05) is 44.2 Å². The van der Waals surface area contributed by atoms with Crippen LogP contribution in [0.15, 0.2) is 48.8 Å². The lowest BCUT2D eigenvalue weighted by Gasteiger charge is -2.25. The summed E-state index contributed by atoms with van der Waals surface area (Å²) in [6.45, 7) is 4.92. The van der Waals surface area contributed by atoms with Crippen molar-refractivity contribution in [1.82, 2.24) is 14.6 Å². The Hall–Kier alpha value is -3.85. The van der Waals surface area contributed by atoms with Crippen LogP contribution in [-0.4, -0.2) is 62.6 Å². The maximum Gasteiger partial charge on any atom is 0.323 e. The Kier molecular flexibility index (Phi) is 7.54. The van der Waals surface area contributed by atoms with Gasteiger partial charge in [0.2, 0.25) is 5.60 Å². The van der Waals surface area contributed by atoms with Crippen molar-refractivity contribution in [2.75, 3.05) is 6.61 Å². The number of aliphatic hydroxyl groups excluding tert-OH is 1. The molecule has 0 radical (unpaired) electrons. The van der Waals surface area contributed by atoms with Crippen molar-refractivity contribution >= 4 is 17.5 Å². The van der Waals surface area contributed by atoms with Crippen LogP contribution >= 0.6 is 0 Å². The molecule has 0 saturated carbocycles. The molecule has 37 heavy (non-hydrogen) atoms. The van der Waals surface area contributed by atoms with Crippen LogP contribution in [0.5, 0.6) is 0 Å². The molecule has 3 N–H and O–H groups in total. The highest BCUT2D eigenvalue weighted by Crippen LogP contribution is 2.41. The number of carbonyl (C=O) groups excluding carboxylic acids is 2. The molecule has 3 heterocycles. The fourth-order valence-corrected chi connectivity index (χ4v) is 4.25. The van der Waals surface area contributed by atoms with E-state index >= 15 is 0 Å². The second-order valence-electron chi connectivity index (χ2n) is 9.33. The van der Waals surface area contributed by atoms with E-state index in [2.05, 4.69) is 10.1 Å². The number of nitriles is 1. The summed E-state index contributed by atoms with van der Waals surface area (Å²) in [5, 5.41) is 25.8. The van der Waals surface area contributed by atoms with Gasteiger partial charge >= 0.3 is 11.9 Å². The van der Waals surface area contributed by atoms with Gasteiger partial charge in [0, 0.05) is 0 Å². The van der Waals surface area contributed by atoms with E-state index in [9.17, 15) is 20.0 Å². The van der Waals surface area contributed by atoms with Crippen LogP contribution in [0, 0.1) is 24.2 Å². The fourth-order valence-electron chi connectivity index (χ4n) is 4.25. The van der Waals surface area contributed by atoms with E-state index < -0.39 is 41.9 Å². The number of nitrogens with two attached hydrogens (primary N) is 1. The molecule has 1 fully saturated rings. The van der Waals surface area contributed by atoms with E-state index in [0.717, 1.165) is 5.56 Å². The van der Waals surface area contributed by atoms with Crippen LogP contribution in [0.1, 0.15) is 30.8 Å². The Labute approximate surface area is 213 Å². The Balaban J connectivity index is 1.63. The van der Waals surface area contributed by atoms with Crippen LogP contribution in [0.4, 0.5) is 0 Å². The zero-order valence-corrected chi connectivity index (χ0v) is 20.8. The minimum atomic E-state index is -1.98. The number of hydrogen-bond acceptors (Lipinski definition) is 10. The van der Waals surface area contributed by atoms with Gasteiger partial charge in [-0.2, -0.15) is 10.4 Å². The smallest absolute Gasteiger partial charge is 0.323 e. The Morgan fingerprint density at radius 3 is 2.68 bits per heavy atom. The maximum atomic E-state index is 12.7. The largest absolute Gasteiger partial charge is 0.463 e. The van der Waals surface area contributed by atoms with Crippen molar-refractivity contribution < 1.29 is 28.9 Å². The van der Waals surface area contributed by atoms with Gasteiger partial charge in [-0.3, -0.25) is 9.59 Å². The highest BCUT2D eigenvalue weighted by Gasteiger charge is 2.60. The molecule has 2 aromatic heterocycles. The summed E-state index contributed by atoms with van der Waals surface area (Å²) in [6.07, 6.45) is -2.78. The van der Waals surface area contributed by atoms with Crippen molar-refractivity contribution in [3.8, 4) is 6.07 Å². The van der Waals surface area contributed by atoms with Crippen molar-refractivity contribution in [2.45, 2.75) is 57.1 Å². The van der Waals surface area contributed by atoms with Gasteiger partial charge < -0.3 is 25.1 Å². The predicted molar refractivity (Wildman–Crippen MR) is 130 cm³/mol. The number of fused-ring (bicyclic) bond motifs is 1. The number of benzene rings is 1. The number of aromatic nitrogens is 3. The Bertz CT molecular complexity index is 1320. The highest BCUT2D eigenvalue weighted by atomic mass is 16.6. The first-order chi connectivity index (χ1) is 17.7. The van der Waals surface area contributed by atoms with E-state index in [0.29, 0.717) is 11.2 Å². The molecule has 194 valence electrons. The highest BCUT2D eigenvalue weighted by molar-refractivity contribution is 5.76. The van der Waals surface area contributed by atoms with E-state index in [-0.39, 0.29) is 24.6 Å². The topological polar surface area (TPSA) is 162 Å². The van der Waals surface area contributed by atoms with Gasteiger partial charge in [0.1, 0.15) is 37.3 Å². The number of rotatable bonds is 8. The second kappa shape index (κ2) is 10.6. The maximum absolute atomic E-state index is 12.7. The standard InChI is InChI=1S/C26H29N5O6/c1-15(2)22(28)25(34)36-23-19(12-35-21(32)11-17-7-5-4-6-8-17)37-26(13-27,24(23)33)20-10-9-18-16(3)29-14-30-31(18)20/h4-10,14-15,19,22-24,33H,11-12,28H2,1-3H3/t19-,22+,23-,24-,26+/m1/s1. The van der Waals surface area contributed by atoms with Crippen molar-refractivity contribution in [3.05, 3.63) is 65.7 Å². The quantitative estimate of drug-likeness (QED) is 0.424. The number of hydrogen-bond donors (Lipinski definition) is 2. The van der Waals surface area contributed by atoms with E-state index in [1.54, 1.807) is 57.2 Å². The zero-order chi connectivity index (χ0) is 26.7. The minimum Gasteiger partial charge on any atom is -0.463 e. The minimum absolute atomic E-state index is 0.0156. The van der Waals surface area contributed by atoms with Gasteiger partial charge in [-0.05, 0) is 30.5 Å². The summed E-state index contributed by atoms with van der Waals surface area (Å²) in [6, 6.07) is 13.4. The van der Waals surface area contributed by atoms with E-state index in [1.807, 2.05) is 12.1 Å². The third kappa shape index (κ3) is 5.04. The molecule has 1 aliphatic rings. The van der Waals surface area contributed by atoms with Gasteiger partial charge in [-0.25, -0.2) is 9.50 Å². The average Bonchev–Trinajstić information content (AvgIpc) is 3.44. The molecule has 11 nitrogen and oxygen atoms in total. The summed E-state index contributed by atoms with van der Waals surface area (Å²) in [5.41, 5.74) is 6.21. The number of nitrogens with zero attached hydrogens (tertiary/aromatic N) is 4. The molecule has 5 atom stereocenters. The normalized spacial score (nSPS) is 24.1. The van der Waals surface area contributed by atoms with Crippen LogP contribution in [-0.2, 0) is 35.8 Å². The van der Waals surface area contributed by atoms with Crippen molar-refractivity contribution in [1.29, 1.82) is 5.26 Å². The molecule has 3 aromatic rings. The first-order valence-electron chi connectivity index (χ1n) is 11.9. The molecule has 0 unspecified atom stereocenters. The molecule has 11 heteroatoms. The molecular formula is C26H29N5O6. The van der Waals surface area contributed by atoms with Crippen LogP contribution in [0.2, 0.25) is 0 Å².